The molecule has 0 saturated carbocycles. The lowest BCUT2D eigenvalue weighted by Gasteiger charge is -2.23. The maximum Gasteiger partial charge on any atom is 0.176 e. The highest BCUT2D eigenvalue weighted by Gasteiger charge is 2.23. The normalized spacial score (nSPS) is 14.7. The molecule has 2 rings (SSSR count). The molecule has 1 atom stereocenters. The van der Waals surface area contributed by atoms with E-state index in [1.54, 1.807) is 7.05 Å². The molecule has 0 aliphatic rings. The number of nitrogens with zero attached hydrogens (tertiary/aromatic N) is 4. The van der Waals surface area contributed by atoms with Gasteiger partial charge in [0.2, 0.25) is 0 Å². The summed E-state index contributed by atoms with van der Waals surface area (Å²) in [7, 11) is 1.74. The predicted molar refractivity (Wildman–Crippen MR) is 60.5 cm³/mol. The molecular weight excluding hydrogens is 202 g/mol. The number of aryl methyl sites for hydroxylation is 1. The Morgan fingerprint density at radius 3 is 2.56 bits per heavy atom. The smallest absolute Gasteiger partial charge is 0.176 e. The van der Waals surface area contributed by atoms with Crippen molar-refractivity contribution in [3.8, 4) is 0 Å². The first-order valence-corrected chi connectivity index (χ1v) is 5.15. The first-order chi connectivity index (χ1) is 7.58. The molecule has 16 heavy (non-hydrogen) atoms. The van der Waals surface area contributed by atoms with E-state index in [9.17, 15) is 0 Å². The minimum Gasteiger partial charge on any atom is -0.321 e. The first-order valence-electron chi connectivity index (χ1n) is 5.15. The molecule has 0 bridgehead atoms. The van der Waals surface area contributed by atoms with Crippen molar-refractivity contribution in [2.24, 2.45) is 12.8 Å². The zero-order chi connectivity index (χ0) is 11.6. The third-order valence-electron chi connectivity index (χ3n) is 2.51. The van der Waals surface area contributed by atoms with Crippen molar-refractivity contribution in [2.45, 2.75) is 18.9 Å². The van der Waals surface area contributed by atoms with E-state index in [1.807, 2.05) is 37.3 Å². The van der Waals surface area contributed by atoms with Crippen LogP contribution in [-0.2, 0) is 19.0 Å². The van der Waals surface area contributed by atoms with Gasteiger partial charge in [0.1, 0.15) is 0 Å². The van der Waals surface area contributed by atoms with Crippen LogP contribution in [0.1, 0.15) is 18.3 Å². The lowest BCUT2D eigenvalue weighted by atomic mass is 9.90. The topological polar surface area (TPSA) is 69.6 Å². The van der Waals surface area contributed by atoms with Gasteiger partial charge < -0.3 is 5.73 Å². The Morgan fingerprint density at radius 2 is 2.00 bits per heavy atom. The minimum atomic E-state index is -0.468. The first kappa shape index (κ1) is 10.8. The molecule has 0 radical (unpaired) electrons. The fourth-order valence-corrected chi connectivity index (χ4v) is 1.64. The molecule has 0 aliphatic carbocycles. The second-order valence-corrected chi connectivity index (χ2v) is 4.16. The largest absolute Gasteiger partial charge is 0.321 e. The molecular formula is C11H15N5. The van der Waals surface area contributed by atoms with Gasteiger partial charge in [-0.15, -0.1) is 10.2 Å². The molecule has 5 nitrogen and oxygen atoms in total. The number of aromatic nitrogens is 4. The maximum absolute atomic E-state index is 6.26. The van der Waals surface area contributed by atoms with Gasteiger partial charge in [0.05, 0.1) is 7.05 Å². The summed E-state index contributed by atoms with van der Waals surface area (Å²) in [5.74, 6) is 0.663. The van der Waals surface area contributed by atoms with Crippen molar-refractivity contribution < 1.29 is 0 Å². The fraction of sp³-hybridized carbons (Fsp3) is 0.364. The molecule has 84 valence electrons. The lowest BCUT2D eigenvalue weighted by molar-refractivity contribution is 0.476. The second kappa shape index (κ2) is 4.02. The van der Waals surface area contributed by atoms with Crippen molar-refractivity contribution >= 4 is 0 Å². The van der Waals surface area contributed by atoms with Crippen LogP contribution in [0.15, 0.2) is 30.3 Å². The van der Waals surface area contributed by atoms with Crippen LogP contribution in [0, 0.1) is 0 Å². The predicted octanol–water partition coefficient (Wildman–Crippen LogP) is 0.627. The summed E-state index contributed by atoms with van der Waals surface area (Å²) in [5.41, 5.74) is 6.87. The Kier molecular flexibility index (Phi) is 2.70. The Bertz CT molecular complexity index is 460. The van der Waals surface area contributed by atoms with E-state index in [1.165, 1.54) is 4.80 Å². The average Bonchev–Trinajstić information content (AvgIpc) is 2.64. The molecule has 1 heterocycles. The monoisotopic (exact) mass is 217 g/mol. The molecule has 1 unspecified atom stereocenters. The van der Waals surface area contributed by atoms with E-state index >= 15 is 0 Å². The zero-order valence-corrected chi connectivity index (χ0v) is 9.46. The van der Waals surface area contributed by atoms with Crippen LogP contribution in [0.2, 0.25) is 0 Å². The van der Waals surface area contributed by atoms with Gasteiger partial charge >= 0.3 is 0 Å². The van der Waals surface area contributed by atoms with E-state index in [4.69, 9.17) is 5.73 Å². The highest BCUT2D eigenvalue weighted by atomic mass is 15.6. The standard InChI is InChI=1S/C11H15N5/c1-11(12,9-6-4-3-5-7-9)8-10-13-15-16(2)14-10/h3-7H,8,12H2,1-2H3. The SMILES string of the molecule is Cn1nnc(CC(C)(N)c2ccccc2)n1. The van der Waals surface area contributed by atoms with Gasteiger partial charge in [0.25, 0.3) is 0 Å². The number of rotatable bonds is 3. The van der Waals surface area contributed by atoms with Crippen LogP contribution in [0.3, 0.4) is 0 Å². The summed E-state index contributed by atoms with van der Waals surface area (Å²) in [6.45, 7) is 1.97. The van der Waals surface area contributed by atoms with E-state index in [-0.39, 0.29) is 0 Å². The van der Waals surface area contributed by atoms with E-state index in [0.29, 0.717) is 12.2 Å². The van der Waals surface area contributed by atoms with Crippen LogP contribution < -0.4 is 5.73 Å². The van der Waals surface area contributed by atoms with Crippen molar-refractivity contribution in [3.05, 3.63) is 41.7 Å². The van der Waals surface area contributed by atoms with Crippen molar-refractivity contribution in [2.75, 3.05) is 0 Å². The summed E-state index contributed by atoms with van der Waals surface area (Å²) in [4.78, 5) is 1.44. The third kappa shape index (κ3) is 2.25. The molecule has 2 N–H and O–H groups in total. The summed E-state index contributed by atoms with van der Waals surface area (Å²) < 4.78 is 0. The van der Waals surface area contributed by atoms with Crippen molar-refractivity contribution in [3.63, 3.8) is 0 Å². The minimum absolute atomic E-state index is 0.468. The van der Waals surface area contributed by atoms with Gasteiger partial charge in [-0.1, -0.05) is 30.3 Å². The van der Waals surface area contributed by atoms with Gasteiger partial charge in [-0.05, 0) is 17.7 Å². The van der Waals surface area contributed by atoms with Crippen molar-refractivity contribution in [1.82, 2.24) is 20.2 Å². The van der Waals surface area contributed by atoms with E-state index in [2.05, 4.69) is 15.4 Å². The van der Waals surface area contributed by atoms with Gasteiger partial charge in [0, 0.05) is 12.0 Å². The quantitative estimate of drug-likeness (QED) is 0.818. The van der Waals surface area contributed by atoms with E-state index in [0.717, 1.165) is 5.56 Å². The highest BCUT2D eigenvalue weighted by Crippen LogP contribution is 2.20. The highest BCUT2D eigenvalue weighted by molar-refractivity contribution is 5.24. The maximum atomic E-state index is 6.26. The number of nitrogens with two attached hydrogens (primary N) is 1. The fourth-order valence-electron chi connectivity index (χ4n) is 1.64. The average molecular weight is 217 g/mol. The molecule has 0 saturated heterocycles. The molecule has 2 aromatic rings. The van der Waals surface area contributed by atoms with Crippen molar-refractivity contribution in [1.29, 1.82) is 0 Å². The molecule has 0 spiro atoms. The Morgan fingerprint density at radius 1 is 1.31 bits per heavy atom. The lowest BCUT2D eigenvalue weighted by Crippen LogP contribution is -2.35. The Hall–Kier alpha value is -1.75. The van der Waals surface area contributed by atoms with Crippen LogP contribution in [0.5, 0.6) is 0 Å². The summed E-state index contributed by atoms with van der Waals surface area (Å²) in [6, 6.07) is 9.95. The van der Waals surface area contributed by atoms with Crippen LogP contribution >= 0.6 is 0 Å². The molecule has 1 aromatic heterocycles. The number of benzene rings is 1. The molecule has 0 amide bonds. The zero-order valence-electron chi connectivity index (χ0n) is 9.46. The van der Waals surface area contributed by atoms with E-state index < -0.39 is 5.54 Å². The van der Waals surface area contributed by atoms with Crippen LogP contribution in [0.4, 0.5) is 0 Å². The van der Waals surface area contributed by atoms with Gasteiger partial charge in [-0.3, -0.25) is 0 Å². The van der Waals surface area contributed by atoms with Crippen LogP contribution in [-0.4, -0.2) is 20.2 Å². The molecule has 1 aromatic carbocycles. The molecule has 0 aliphatic heterocycles. The number of hydrogen-bond donors (Lipinski definition) is 1. The Labute approximate surface area is 94.3 Å². The van der Waals surface area contributed by atoms with Gasteiger partial charge in [-0.25, -0.2) is 0 Å². The number of tetrazole rings is 1. The second-order valence-electron chi connectivity index (χ2n) is 4.16. The van der Waals surface area contributed by atoms with Gasteiger partial charge in [-0.2, -0.15) is 4.80 Å². The molecule has 0 fully saturated rings. The van der Waals surface area contributed by atoms with Gasteiger partial charge in [0.15, 0.2) is 5.82 Å². The third-order valence-corrected chi connectivity index (χ3v) is 2.51. The summed E-state index contributed by atoms with van der Waals surface area (Å²) >= 11 is 0. The number of hydrogen-bond acceptors (Lipinski definition) is 4. The Balaban J connectivity index is 2.20. The molecule has 5 heteroatoms. The summed E-state index contributed by atoms with van der Waals surface area (Å²) in [5, 5.41) is 11.9. The summed E-state index contributed by atoms with van der Waals surface area (Å²) in [6.07, 6.45) is 0.574. The van der Waals surface area contributed by atoms with Crippen LogP contribution in [0.25, 0.3) is 0 Å².